The lowest BCUT2D eigenvalue weighted by Crippen LogP contribution is -2.30. The van der Waals surface area contributed by atoms with E-state index in [0.717, 1.165) is 11.3 Å². The molecule has 0 amide bonds. The quantitative estimate of drug-likeness (QED) is 0.915. The monoisotopic (exact) mass is 290 g/mol. The number of halogens is 1. The summed E-state index contributed by atoms with van der Waals surface area (Å²) in [5.74, 6) is -0.205. The lowest BCUT2D eigenvalue weighted by molar-refractivity contribution is 0.174. The topological polar surface area (TPSA) is 59.0 Å². The first-order valence-electron chi connectivity index (χ1n) is 6.31. The van der Waals surface area contributed by atoms with Crippen molar-refractivity contribution in [2.75, 3.05) is 0 Å². The van der Waals surface area contributed by atoms with Crippen molar-refractivity contribution in [3.63, 3.8) is 0 Å². The summed E-state index contributed by atoms with van der Waals surface area (Å²) in [5, 5.41) is 10.7. The predicted octanol–water partition coefficient (Wildman–Crippen LogP) is 3.62. The first-order valence-corrected chi connectivity index (χ1v) is 7.19. The molecule has 20 heavy (non-hydrogen) atoms. The van der Waals surface area contributed by atoms with Crippen molar-refractivity contribution >= 4 is 11.3 Å². The largest absolute Gasteiger partial charge is 0.483 e. The number of nitrogens with two attached hydrogens (primary N) is 1. The Bertz CT molecular complexity index is 607. The number of ether oxygens (including phenoxy) is 1. The molecule has 5 heteroatoms. The maximum absolute atomic E-state index is 13.6. The smallest absolute Gasteiger partial charge is 0.148 e. The third kappa shape index (κ3) is 3.16. The summed E-state index contributed by atoms with van der Waals surface area (Å²) >= 11 is 1.55. The average Bonchev–Trinajstić information content (AvgIpc) is 2.98. The summed E-state index contributed by atoms with van der Waals surface area (Å²) in [6.45, 7) is 1.98. The molecule has 0 aliphatic carbocycles. The van der Waals surface area contributed by atoms with Gasteiger partial charge < -0.3 is 10.5 Å². The summed E-state index contributed by atoms with van der Waals surface area (Å²) < 4.78 is 19.4. The van der Waals surface area contributed by atoms with Gasteiger partial charge in [-0.15, -0.1) is 11.3 Å². The molecule has 2 N–H and O–H groups in total. The summed E-state index contributed by atoms with van der Waals surface area (Å²) in [6, 6.07) is 9.71. The normalized spacial score (nSPS) is 13.5. The lowest BCUT2D eigenvalue weighted by atomic mass is 10.1. The van der Waals surface area contributed by atoms with Gasteiger partial charge in [0.2, 0.25) is 0 Å². The van der Waals surface area contributed by atoms with Crippen LogP contribution in [0.5, 0.6) is 5.75 Å². The SMILES string of the molecule is CCC(N)C(Oc1ccc(C#N)c(F)c1)c1cccs1. The van der Waals surface area contributed by atoms with Gasteiger partial charge in [0.15, 0.2) is 0 Å². The van der Waals surface area contributed by atoms with E-state index in [1.165, 1.54) is 12.1 Å². The van der Waals surface area contributed by atoms with E-state index in [2.05, 4.69) is 0 Å². The van der Waals surface area contributed by atoms with Crippen molar-refractivity contribution in [2.45, 2.75) is 25.5 Å². The third-order valence-electron chi connectivity index (χ3n) is 3.01. The second-order valence-electron chi connectivity index (χ2n) is 4.38. The second kappa shape index (κ2) is 6.51. The van der Waals surface area contributed by atoms with Gasteiger partial charge in [0.05, 0.1) is 5.56 Å². The Morgan fingerprint density at radius 2 is 2.25 bits per heavy atom. The van der Waals surface area contributed by atoms with Gasteiger partial charge in [-0.2, -0.15) is 5.26 Å². The third-order valence-corrected chi connectivity index (χ3v) is 3.94. The van der Waals surface area contributed by atoms with Crippen LogP contribution in [-0.2, 0) is 0 Å². The van der Waals surface area contributed by atoms with Crippen molar-refractivity contribution in [2.24, 2.45) is 5.73 Å². The minimum Gasteiger partial charge on any atom is -0.483 e. The van der Waals surface area contributed by atoms with E-state index in [4.69, 9.17) is 15.7 Å². The van der Waals surface area contributed by atoms with E-state index in [0.29, 0.717) is 5.75 Å². The highest BCUT2D eigenvalue weighted by molar-refractivity contribution is 7.10. The van der Waals surface area contributed by atoms with Gasteiger partial charge in [0, 0.05) is 17.0 Å². The highest BCUT2D eigenvalue weighted by atomic mass is 32.1. The zero-order chi connectivity index (χ0) is 14.5. The van der Waals surface area contributed by atoms with Crippen LogP contribution in [0.1, 0.15) is 29.9 Å². The molecule has 2 rings (SSSR count). The van der Waals surface area contributed by atoms with Crippen molar-refractivity contribution < 1.29 is 9.13 Å². The molecule has 0 bridgehead atoms. The molecule has 0 spiro atoms. The molecule has 0 radical (unpaired) electrons. The average molecular weight is 290 g/mol. The number of thiophene rings is 1. The molecule has 0 aliphatic heterocycles. The zero-order valence-electron chi connectivity index (χ0n) is 11.0. The van der Waals surface area contributed by atoms with Gasteiger partial charge in [-0.05, 0) is 30.0 Å². The minimum absolute atomic E-state index is 0.00446. The fourth-order valence-corrected chi connectivity index (χ4v) is 2.66. The van der Waals surface area contributed by atoms with E-state index >= 15 is 0 Å². The molecule has 104 valence electrons. The van der Waals surface area contributed by atoms with Crippen molar-refractivity contribution in [1.29, 1.82) is 5.26 Å². The molecule has 2 atom stereocenters. The molecule has 3 nitrogen and oxygen atoms in total. The van der Waals surface area contributed by atoms with Gasteiger partial charge >= 0.3 is 0 Å². The van der Waals surface area contributed by atoms with Crippen LogP contribution in [0.25, 0.3) is 0 Å². The number of nitrogens with zero attached hydrogens (tertiary/aromatic N) is 1. The lowest BCUT2D eigenvalue weighted by Gasteiger charge is -2.23. The van der Waals surface area contributed by atoms with Crippen molar-refractivity contribution in [3.05, 3.63) is 52.0 Å². The van der Waals surface area contributed by atoms with Crippen LogP contribution in [0.3, 0.4) is 0 Å². The Hall–Kier alpha value is -1.90. The van der Waals surface area contributed by atoms with Gasteiger partial charge in [-0.1, -0.05) is 13.0 Å². The molecular weight excluding hydrogens is 275 g/mol. The van der Waals surface area contributed by atoms with Crippen LogP contribution in [0, 0.1) is 17.1 Å². The predicted molar refractivity (Wildman–Crippen MR) is 77.1 cm³/mol. The zero-order valence-corrected chi connectivity index (χ0v) is 11.9. The second-order valence-corrected chi connectivity index (χ2v) is 5.36. The van der Waals surface area contributed by atoms with Crippen molar-refractivity contribution in [1.82, 2.24) is 0 Å². The summed E-state index contributed by atoms with van der Waals surface area (Å²) in [6.07, 6.45) is 0.439. The molecule has 1 aromatic carbocycles. The maximum atomic E-state index is 13.6. The van der Waals surface area contributed by atoms with Gasteiger partial charge in [-0.25, -0.2) is 4.39 Å². The summed E-state index contributed by atoms with van der Waals surface area (Å²) in [5.41, 5.74) is 6.09. The highest BCUT2D eigenvalue weighted by Gasteiger charge is 2.22. The molecule has 0 saturated carbocycles. The van der Waals surface area contributed by atoms with Crippen LogP contribution in [0.15, 0.2) is 35.7 Å². The van der Waals surface area contributed by atoms with Crippen LogP contribution < -0.4 is 10.5 Å². The Morgan fingerprint density at radius 1 is 1.45 bits per heavy atom. The number of nitriles is 1. The van der Waals surface area contributed by atoms with Crippen molar-refractivity contribution in [3.8, 4) is 11.8 Å². The molecular formula is C15H15FN2OS. The van der Waals surface area contributed by atoms with E-state index < -0.39 is 5.82 Å². The number of rotatable bonds is 5. The van der Waals surface area contributed by atoms with E-state index in [9.17, 15) is 4.39 Å². The van der Waals surface area contributed by atoms with Crippen LogP contribution in [0.4, 0.5) is 4.39 Å². The minimum atomic E-state index is -0.583. The molecule has 2 unspecified atom stereocenters. The first-order chi connectivity index (χ1) is 9.65. The molecule has 0 fully saturated rings. The number of benzene rings is 1. The van der Waals surface area contributed by atoms with Crippen LogP contribution in [0.2, 0.25) is 0 Å². The molecule has 0 saturated heterocycles. The fraction of sp³-hybridized carbons (Fsp3) is 0.267. The standard InChI is InChI=1S/C15H15FN2OS/c1-2-13(18)15(14-4-3-7-20-14)19-11-6-5-10(9-17)12(16)8-11/h3-8,13,15H,2,18H2,1H3. The molecule has 1 aromatic heterocycles. The van der Waals surface area contributed by atoms with E-state index in [1.807, 2.05) is 24.4 Å². The fourth-order valence-electron chi connectivity index (χ4n) is 1.83. The van der Waals surface area contributed by atoms with Gasteiger partial charge in [0.1, 0.15) is 23.7 Å². The highest BCUT2D eigenvalue weighted by Crippen LogP contribution is 2.29. The molecule has 0 aliphatic rings. The van der Waals surface area contributed by atoms with E-state index in [-0.39, 0.29) is 17.7 Å². The molecule has 2 aromatic rings. The maximum Gasteiger partial charge on any atom is 0.148 e. The summed E-state index contributed by atoms with van der Waals surface area (Å²) in [4.78, 5) is 1.00. The Labute approximate surface area is 121 Å². The first kappa shape index (κ1) is 14.5. The Morgan fingerprint density at radius 3 is 2.80 bits per heavy atom. The van der Waals surface area contributed by atoms with Crippen LogP contribution in [-0.4, -0.2) is 6.04 Å². The Kier molecular flexibility index (Phi) is 4.72. The van der Waals surface area contributed by atoms with Gasteiger partial charge in [0.25, 0.3) is 0 Å². The number of hydrogen-bond acceptors (Lipinski definition) is 4. The number of hydrogen-bond donors (Lipinski definition) is 1. The van der Waals surface area contributed by atoms with Crippen LogP contribution >= 0.6 is 11.3 Å². The van der Waals surface area contributed by atoms with E-state index in [1.54, 1.807) is 23.5 Å². The molecule has 1 heterocycles. The summed E-state index contributed by atoms with van der Waals surface area (Å²) in [7, 11) is 0. The van der Waals surface area contributed by atoms with Gasteiger partial charge in [-0.3, -0.25) is 0 Å². The Balaban J connectivity index is 2.24.